The molecular weight excluding hydrogens is 344 g/mol. The van der Waals surface area contributed by atoms with Crippen LogP contribution in [0, 0.1) is 17.0 Å². The van der Waals surface area contributed by atoms with Gasteiger partial charge in [0.1, 0.15) is 5.82 Å². The Morgan fingerprint density at radius 2 is 1.89 bits per heavy atom. The smallest absolute Gasteiger partial charge is 0.270 e. The van der Waals surface area contributed by atoms with Gasteiger partial charge in [0, 0.05) is 36.1 Å². The highest BCUT2D eigenvalue weighted by Gasteiger charge is 2.14. The fourth-order valence-electron chi connectivity index (χ4n) is 2.85. The number of nitrogens with one attached hydrogen (secondary N) is 1. The van der Waals surface area contributed by atoms with E-state index in [2.05, 4.69) is 15.3 Å². The van der Waals surface area contributed by atoms with Gasteiger partial charge in [-0.25, -0.2) is 9.97 Å². The molecule has 1 heterocycles. The van der Waals surface area contributed by atoms with Crippen molar-refractivity contribution < 1.29 is 10.0 Å². The number of nitrogens with zero attached hydrogens (tertiary/aromatic N) is 3. The summed E-state index contributed by atoms with van der Waals surface area (Å²) in [6.45, 7) is 1.88. The largest absolute Gasteiger partial charge is 0.396 e. The minimum atomic E-state index is -0.439. The molecule has 1 atom stereocenters. The maximum absolute atomic E-state index is 11.0. The van der Waals surface area contributed by atoms with Crippen LogP contribution >= 0.6 is 0 Å². The number of hydrogen-bond donors (Lipinski definition) is 2. The van der Waals surface area contributed by atoms with Crippen molar-refractivity contribution in [3.05, 3.63) is 82.0 Å². The topological polar surface area (TPSA) is 101 Å². The van der Waals surface area contributed by atoms with Crippen molar-refractivity contribution in [1.29, 1.82) is 0 Å². The van der Waals surface area contributed by atoms with Crippen molar-refractivity contribution in [2.24, 2.45) is 0 Å². The second kappa shape index (κ2) is 8.37. The Bertz CT molecular complexity index is 932. The molecule has 0 spiro atoms. The highest BCUT2D eigenvalue weighted by atomic mass is 16.6. The van der Waals surface area contributed by atoms with E-state index in [1.807, 2.05) is 43.3 Å². The molecule has 0 saturated carbocycles. The second-order valence-corrected chi connectivity index (χ2v) is 6.15. The van der Waals surface area contributed by atoms with Crippen molar-refractivity contribution in [3.63, 3.8) is 0 Å². The van der Waals surface area contributed by atoms with Crippen LogP contribution in [0.5, 0.6) is 0 Å². The normalized spacial score (nSPS) is 11.8. The van der Waals surface area contributed by atoms with E-state index in [1.54, 1.807) is 12.1 Å². The molecule has 0 saturated heterocycles. The summed E-state index contributed by atoms with van der Waals surface area (Å²) >= 11 is 0. The fraction of sp³-hybridized carbons (Fsp3) is 0.200. The minimum absolute atomic E-state index is 0.00504. The van der Waals surface area contributed by atoms with Crippen LogP contribution in [0.15, 0.2) is 60.7 Å². The van der Waals surface area contributed by atoms with Gasteiger partial charge in [0.05, 0.1) is 11.0 Å². The SMILES string of the molecule is Cc1cc(N[C@@H](CCO)c2ccccc2)nc(-c2cccc([N+](=O)[O-])c2)n1. The van der Waals surface area contributed by atoms with Gasteiger partial charge in [0.2, 0.25) is 0 Å². The lowest BCUT2D eigenvalue weighted by Crippen LogP contribution is -2.14. The summed E-state index contributed by atoms with van der Waals surface area (Å²) in [6, 6.07) is 17.8. The Labute approximate surface area is 156 Å². The number of aromatic nitrogens is 2. The number of benzene rings is 2. The molecule has 0 aliphatic carbocycles. The third-order valence-corrected chi connectivity index (χ3v) is 4.11. The first-order valence-corrected chi connectivity index (χ1v) is 8.59. The Morgan fingerprint density at radius 1 is 1.11 bits per heavy atom. The molecule has 2 N–H and O–H groups in total. The zero-order chi connectivity index (χ0) is 19.2. The molecule has 0 aliphatic heterocycles. The predicted molar refractivity (Wildman–Crippen MR) is 103 cm³/mol. The van der Waals surface area contributed by atoms with Gasteiger partial charge in [-0.1, -0.05) is 42.5 Å². The highest BCUT2D eigenvalue weighted by Crippen LogP contribution is 2.25. The number of rotatable bonds is 7. The van der Waals surface area contributed by atoms with Crippen molar-refractivity contribution >= 4 is 11.5 Å². The fourth-order valence-corrected chi connectivity index (χ4v) is 2.85. The molecule has 2 aromatic carbocycles. The maximum atomic E-state index is 11.0. The average Bonchev–Trinajstić information content (AvgIpc) is 2.68. The molecular formula is C20H20N4O3. The highest BCUT2D eigenvalue weighted by molar-refractivity contribution is 5.61. The lowest BCUT2D eigenvalue weighted by atomic mass is 10.0. The van der Waals surface area contributed by atoms with E-state index in [4.69, 9.17) is 0 Å². The van der Waals surface area contributed by atoms with E-state index in [9.17, 15) is 15.2 Å². The van der Waals surface area contributed by atoms with Gasteiger partial charge in [-0.05, 0) is 18.9 Å². The van der Waals surface area contributed by atoms with Gasteiger partial charge in [-0.3, -0.25) is 10.1 Å². The van der Waals surface area contributed by atoms with E-state index >= 15 is 0 Å². The minimum Gasteiger partial charge on any atom is -0.396 e. The number of aliphatic hydroxyl groups excluding tert-OH is 1. The van der Waals surface area contributed by atoms with Crippen molar-refractivity contribution in [1.82, 2.24) is 9.97 Å². The van der Waals surface area contributed by atoms with Crippen molar-refractivity contribution in [3.8, 4) is 11.4 Å². The van der Waals surface area contributed by atoms with E-state index in [-0.39, 0.29) is 18.3 Å². The molecule has 0 amide bonds. The molecule has 0 fully saturated rings. The molecule has 0 aliphatic rings. The molecule has 0 radical (unpaired) electrons. The molecule has 3 rings (SSSR count). The van der Waals surface area contributed by atoms with Gasteiger partial charge >= 0.3 is 0 Å². The second-order valence-electron chi connectivity index (χ2n) is 6.15. The van der Waals surface area contributed by atoms with Gasteiger partial charge in [-0.15, -0.1) is 0 Å². The maximum Gasteiger partial charge on any atom is 0.270 e. The predicted octanol–water partition coefficient (Wildman–Crippen LogP) is 3.90. The number of nitro groups is 1. The number of aliphatic hydroxyl groups is 1. The number of nitro benzene ring substituents is 1. The molecule has 27 heavy (non-hydrogen) atoms. The summed E-state index contributed by atoms with van der Waals surface area (Å²) in [7, 11) is 0. The van der Waals surface area contributed by atoms with Crippen LogP contribution in [0.2, 0.25) is 0 Å². The Hall–Kier alpha value is -3.32. The Morgan fingerprint density at radius 3 is 2.59 bits per heavy atom. The first kappa shape index (κ1) is 18.5. The molecule has 1 aromatic heterocycles. The monoisotopic (exact) mass is 364 g/mol. The number of anilines is 1. The third-order valence-electron chi connectivity index (χ3n) is 4.11. The molecule has 3 aromatic rings. The van der Waals surface area contributed by atoms with E-state index < -0.39 is 4.92 Å². The van der Waals surface area contributed by atoms with Crippen LogP contribution in [-0.4, -0.2) is 26.6 Å². The van der Waals surface area contributed by atoms with Crippen molar-refractivity contribution in [2.75, 3.05) is 11.9 Å². The summed E-state index contributed by atoms with van der Waals surface area (Å²) in [6.07, 6.45) is 0.527. The lowest BCUT2D eigenvalue weighted by molar-refractivity contribution is -0.384. The molecule has 138 valence electrons. The van der Waals surface area contributed by atoms with Gasteiger partial charge in [0.25, 0.3) is 5.69 Å². The molecule has 0 bridgehead atoms. The van der Waals surface area contributed by atoms with Crippen LogP contribution in [0.4, 0.5) is 11.5 Å². The molecule has 0 unspecified atom stereocenters. The van der Waals surface area contributed by atoms with Crippen LogP contribution in [0.3, 0.4) is 0 Å². The zero-order valence-electron chi connectivity index (χ0n) is 14.9. The van der Waals surface area contributed by atoms with Crippen molar-refractivity contribution in [2.45, 2.75) is 19.4 Å². The van der Waals surface area contributed by atoms with Crippen LogP contribution in [0.25, 0.3) is 11.4 Å². The summed E-state index contributed by atoms with van der Waals surface area (Å²) < 4.78 is 0. The number of aryl methyl sites for hydroxylation is 1. The quantitative estimate of drug-likeness (QED) is 0.487. The van der Waals surface area contributed by atoms with E-state index in [0.717, 1.165) is 11.3 Å². The number of hydrogen-bond acceptors (Lipinski definition) is 6. The van der Waals surface area contributed by atoms with Crippen LogP contribution in [-0.2, 0) is 0 Å². The van der Waals surface area contributed by atoms with Crippen LogP contribution in [0.1, 0.15) is 23.7 Å². The average molecular weight is 364 g/mol. The summed E-state index contributed by atoms with van der Waals surface area (Å²) in [4.78, 5) is 19.5. The first-order chi connectivity index (χ1) is 13.1. The zero-order valence-corrected chi connectivity index (χ0v) is 14.9. The summed E-state index contributed by atoms with van der Waals surface area (Å²) in [5.74, 6) is 1.02. The number of non-ortho nitro benzene ring substituents is 1. The standard InChI is InChI=1S/C20H20N4O3/c1-14-12-19(22-18(10-11-25)15-6-3-2-4-7-15)23-20(21-14)16-8-5-9-17(13-16)24(26)27/h2-9,12-13,18,25H,10-11H2,1H3,(H,21,22,23)/t18-/m0/s1. The molecule has 7 nitrogen and oxygen atoms in total. The Balaban J connectivity index is 1.93. The lowest BCUT2D eigenvalue weighted by Gasteiger charge is -2.19. The van der Waals surface area contributed by atoms with Gasteiger partial charge in [0.15, 0.2) is 5.82 Å². The first-order valence-electron chi connectivity index (χ1n) is 8.59. The molecule has 7 heteroatoms. The van der Waals surface area contributed by atoms with Crippen LogP contribution < -0.4 is 5.32 Å². The summed E-state index contributed by atoms with van der Waals surface area (Å²) in [5.41, 5.74) is 2.36. The van der Waals surface area contributed by atoms with Gasteiger partial charge in [-0.2, -0.15) is 0 Å². The third kappa shape index (κ3) is 4.65. The Kier molecular flexibility index (Phi) is 5.73. The van der Waals surface area contributed by atoms with E-state index in [1.165, 1.54) is 12.1 Å². The summed E-state index contributed by atoms with van der Waals surface area (Å²) in [5, 5.41) is 23.8. The van der Waals surface area contributed by atoms with Gasteiger partial charge < -0.3 is 10.4 Å². The van der Waals surface area contributed by atoms with E-state index in [0.29, 0.717) is 23.6 Å².